The van der Waals surface area contributed by atoms with Crippen LogP contribution in [0.25, 0.3) is 0 Å². The maximum atomic E-state index is 11.7. The van der Waals surface area contributed by atoms with Gasteiger partial charge in [-0.3, -0.25) is 15.0 Å². The van der Waals surface area contributed by atoms with Crippen molar-refractivity contribution >= 4 is 5.91 Å². The van der Waals surface area contributed by atoms with Crippen molar-refractivity contribution < 1.29 is 4.79 Å². The number of aromatic nitrogens is 6. The Labute approximate surface area is 103 Å². The average molecular weight is 247 g/mol. The number of nitrogens with one attached hydrogen (secondary N) is 3. The fourth-order valence-corrected chi connectivity index (χ4v) is 1.64. The van der Waals surface area contributed by atoms with E-state index >= 15 is 0 Å². The summed E-state index contributed by atoms with van der Waals surface area (Å²) in [6.45, 7) is 0.474. The molecule has 0 bridgehead atoms. The summed E-state index contributed by atoms with van der Waals surface area (Å²) in [5.41, 5.74) is 0. The first-order valence-corrected chi connectivity index (χ1v) is 5.87. The van der Waals surface area contributed by atoms with Gasteiger partial charge in [0.1, 0.15) is 18.0 Å². The number of nitrogens with zero attached hydrogens (tertiary/aromatic N) is 4. The molecule has 18 heavy (non-hydrogen) atoms. The van der Waals surface area contributed by atoms with Gasteiger partial charge in [-0.05, 0) is 12.8 Å². The normalized spacial score (nSPS) is 14.7. The highest BCUT2D eigenvalue weighted by Gasteiger charge is 2.28. The van der Waals surface area contributed by atoms with Gasteiger partial charge in [0.25, 0.3) is 5.91 Å². The van der Waals surface area contributed by atoms with E-state index in [1.807, 2.05) is 0 Å². The molecule has 3 rings (SSSR count). The van der Waals surface area contributed by atoms with Crippen molar-refractivity contribution in [3.05, 3.63) is 23.8 Å². The molecule has 2 aromatic rings. The SMILES string of the molecule is O=C(NCCc1ncn[nH]1)c1n[nH]c(C2CC2)n1. The lowest BCUT2D eigenvalue weighted by Gasteiger charge is -1.99. The molecule has 1 aliphatic carbocycles. The largest absolute Gasteiger partial charge is 0.349 e. The first kappa shape index (κ1) is 10.9. The second-order valence-electron chi connectivity index (χ2n) is 4.26. The van der Waals surface area contributed by atoms with Gasteiger partial charge >= 0.3 is 0 Å². The Bertz CT molecular complexity index is 528. The van der Waals surface area contributed by atoms with E-state index in [0.29, 0.717) is 18.9 Å². The van der Waals surface area contributed by atoms with Gasteiger partial charge in [0.15, 0.2) is 0 Å². The molecule has 1 amide bonds. The summed E-state index contributed by atoms with van der Waals surface area (Å²) in [7, 11) is 0. The minimum atomic E-state index is -0.266. The van der Waals surface area contributed by atoms with Crippen LogP contribution in [0.5, 0.6) is 0 Å². The molecule has 8 heteroatoms. The highest BCUT2D eigenvalue weighted by atomic mass is 16.2. The van der Waals surface area contributed by atoms with Crippen molar-refractivity contribution in [3.63, 3.8) is 0 Å². The summed E-state index contributed by atoms with van der Waals surface area (Å²) >= 11 is 0. The van der Waals surface area contributed by atoms with Crippen LogP contribution >= 0.6 is 0 Å². The Morgan fingerprint density at radius 3 is 3.06 bits per heavy atom. The number of amides is 1. The van der Waals surface area contributed by atoms with E-state index < -0.39 is 0 Å². The van der Waals surface area contributed by atoms with Crippen molar-refractivity contribution in [2.75, 3.05) is 6.54 Å². The fourth-order valence-electron chi connectivity index (χ4n) is 1.64. The van der Waals surface area contributed by atoms with Crippen LogP contribution < -0.4 is 5.32 Å². The zero-order valence-corrected chi connectivity index (χ0v) is 9.68. The van der Waals surface area contributed by atoms with Gasteiger partial charge in [-0.15, -0.1) is 5.10 Å². The van der Waals surface area contributed by atoms with E-state index in [4.69, 9.17) is 0 Å². The highest BCUT2D eigenvalue weighted by molar-refractivity contribution is 5.90. The lowest BCUT2D eigenvalue weighted by Crippen LogP contribution is -2.27. The predicted molar refractivity (Wildman–Crippen MR) is 60.8 cm³/mol. The van der Waals surface area contributed by atoms with Crippen molar-refractivity contribution in [2.24, 2.45) is 0 Å². The second-order valence-corrected chi connectivity index (χ2v) is 4.26. The van der Waals surface area contributed by atoms with Gasteiger partial charge in [0.05, 0.1) is 0 Å². The fraction of sp³-hybridized carbons (Fsp3) is 0.500. The number of carbonyl (C=O) groups excluding carboxylic acids is 1. The first-order valence-electron chi connectivity index (χ1n) is 5.87. The third-order valence-electron chi connectivity index (χ3n) is 2.78. The zero-order valence-electron chi connectivity index (χ0n) is 9.68. The third kappa shape index (κ3) is 2.36. The molecule has 0 aromatic carbocycles. The Morgan fingerprint density at radius 2 is 2.33 bits per heavy atom. The van der Waals surface area contributed by atoms with Gasteiger partial charge in [0, 0.05) is 18.9 Å². The van der Waals surface area contributed by atoms with Crippen LogP contribution in [-0.4, -0.2) is 42.8 Å². The highest BCUT2D eigenvalue weighted by Crippen LogP contribution is 2.37. The molecule has 3 N–H and O–H groups in total. The van der Waals surface area contributed by atoms with E-state index in [9.17, 15) is 4.79 Å². The lowest BCUT2D eigenvalue weighted by molar-refractivity contribution is 0.0944. The van der Waals surface area contributed by atoms with Gasteiger partial charge in [-0.2, -0.15) is 5.10 Å². The molecule has 0 aliphatic heterocycles. The number of hydrogen-bond acceptors (Lipinski definition) is 5. The van der Waals surface area contributed by atoms with Crippen molar-refractivity contribution in [1.82, 2.24) is 35.7 Å². The molecule has 94 valence electrons. The molecule has 0 spiro atoms. The number of aromatic amines is 2. The molecule has 1 fully saturated rings. The maximum Gasteiger partial charge on any atom is 0.290 e. The van der Waals surface area contributed by atoms with Crippen molar-refractivity contribution in [2.45, 2.75) is 25.2 Å². The van der Waals surface area contributed by atoms with Crippen molar-refractivity contribution in [1.29, 1.82) is 0 Å². The average Bonchev–Trinajstić information content (AvgIpc) is 2.92. The number of H-pyrrole nitrogens is 2. The Kier molecular flexibility index (Phi) is 2.75. The lowest BCUT2D eigenvalue weighted by atomic mass is 10.4. The number of hydrogen-bond donors (Lipinski definition) is 3. The second kappa shape index (κ2) is 4.55. The van der Waals surface area contributed by atoms with Gasteiger partial charge in [0.2, 0.25) is 5.82 Å². The van der Waals surface area contributed by atoms with Gasteiger partial charge in [-0.25, -0.2) is 9.97 Å². The standard InChI is InChI=1S/C10H13N7O/c18-10(11-4-3-7-12-5-13-15-7)9-14-8(16-17-9)6-1-2-6/h5-6H,1-4H2,(H,11,18)(H,12,13,15)(H,14,16,17). The van der Waals surface area contributed by atoms with Crippen LogP contribution in [0, 0.1) is 0 Å². The maximum absolute atomic E-state index is 11.7. The van der Waals surface area contributed by atoms with E-state index in [0.717, 1.165) is 24.5 Å². The molecule has 0 saturated heterocycles. The first-order chi connectivity index (χ1) is 8.83. The summed E-state index contributed by atoms with van der Waals surface area (Å²) in [5.74, 6) is 1.96. The number of carbonyl (C=O) groups is 1. The van der Waals surface area contributed by atoms with E-state index in [2.05, 4.69) is 35.7 Å². The quantitative estimate of drug-likeness (QED) is 0.675. The van der Waals surface area contributed by atoms with Crippen LogP contribution in [0.4, 0.5) is 0 Å². The molecular weight excluding hydrogens is 234 g/mol. The number of rotatable bonds is 5. The van der Waals surface area contributed by atoms with E-state index in [1.165, 1.54) is 6.33 Å². The Balaban J connectivity index is 1.50. The summed E-state index contributed by atoms with van der Waals surface area (Å²) in [6, 6.07) is 0. The molecule has 1 aliphatic rings. The molecule has 8 nitrogen and oxygen atoms in total. The molecule has 2 aromatic heterocycles. The molecule has 1 saturated carbocycles. The van der Waals surface area contributed by atoms with Gasteiger partial charge in [-0.1, -0.05) is 0 Å². The molecule has 0 unspecified atom stereocenters. The summed E-state index contributed by atoms with van der Waals surface area (Å²) < 4.78 is 0. The zero-order chi connectivity index (χ0) is 12.4. The molecule has 0 radical (unpaired) electrons. The predicted octanol–water partition coefficient (Wildman–Crippen LogP) is -0.227. The van der Waals surface area contributed by atoms with E-state index in [1.54, 1.807) is 0 Å². The minimum absolute atomic E-state index is 0.203. The smallest absolute Gasteiger partial charge is 0.290 e. The molecule has 0 atom stereocenters. The van der Waals surface area contributed by atoms with Crippen LogP contribution in [-0.2, 0) is 6.42 Å². The Hall–Kier alpha value is -2.25. The van der Waals surface area contributed by atoms with Crippen molar-refractivity contribution in [3.8, 4) is 0 Å². The van der Waals surface area contributed by atoms with Crippen LogP contribution in [0.3, 0.4) is 0 Å². The monoisotopic (exact) mass is 247 g/mol. The van der Waals surface area contributed by atoms with E-state index in [-0.39, 0.29) is 11.7 Å². The van der Waals surface area contributed by atoms with Crippen LogP contribution in [0.15, 0.2) is 6.33 Å². The van der Waals surface area contributed by atoms with Gasteiger partial charge < -0.3 is 5.32 Å². The minimum Gasteiger partial charge on any atom is -0.349 e. The summed E-state index contributed by atoms with van der Waals surface area (Å²) in [5, 5.41) is 15.9. The van der Waals surface area contributed by atoms with Crippen LogP contribution in [0.2, 0.25) is 0 Å². The topological polar surface area (TPSA) is 112 Å². The molecular formula is C10H13N7O. The third-order valence-corrected chi connectivity index (χ3v) is 2.78. The van der Waals surface area contributed by atoms with Crippen LogP contribution in [0.1, 0.15) is 41.0 Å². The summed E-state index contributed by atoms with van der Waals surface area (Å²) in [4.78, 5) is 19.9. The Morgan fingerprint density at radius 1 is 1.44 bits per heavy atom. The molecule has 2 heterocycles. The summed E-state index contributed by atoms with van der Waals surface area (Å²) in [6.07, 6.45) is 4.30.